The van der Waals surface area contributed by atoms with Crippen molar-refractivity contribution in [2.45, 2.75) is 26.8 Å². The third-order valence-corrected chi connectivity index (χ3v) is 4.50. The normalized spacial score (nSPS) is 10.3. The SMILES string of the molecule is CCOc1cc(Br)c(CC(=O)NCc2cccc(C(N)=O)c2)cc1OCC. The number of rotatable bonds is 9. The molecule has 144 valence electrons. The van der Waals surface area contributed by atoms with E-state index in [-0.39, 0.29) is 12.3 Å². The lowest BCUT2D eigenvalue weighted by atomic mass is 10.1. The van der Waals surface area contributed by atoms with Crippen LogP contribution in [0.2, 0.25) is 0 Å². The Kier molecular flexibility index (Phi) is 7.67. The van der Waals surface area contributed by atoms with Gasteiger partial charge in [-0.25, -0.2) is 0 Å². The van der Waals surface area contributed by atoms with E-state index in [2.05, 4.69) is 21.2 Å². The van der Waals surface area contributed by atoms with Crippen LogP contribution in [0.3, 0.4) is 0 Å². The number of amides is 2. The predicted molar refractivity (Wildman–Crippen MR) is 107 cm³/mol. The molecule has 0 heterocycles. The molecule has 0 aliphatic rings. The van der Waals surface area contributed by atoms with Crippen molar-refractivity contribution in [3.8, 4) is 11.5 Å². The standard InChI is InChI=1S/C20H23BrN2O4/c1-3-26-17-9-15(16(21)11-18(17)27-4-2)10-19(24)23-12-13-6-5-7-14(8-13)20(22)25/h5-9,11H,3-4,10,12H2,1-2H3,(H2,22,25)(H,23,24). The number of ether oxygens (including phenoxy) is 2. The smallest absolute Gasteiger partial charge is 0.248 e. The van der Waals surface area contributed by atoms with Gasteiger partial charge in [0, 0.05) is 16.6 Å². The molecule has 6 nitrogen and oxygen atoms in total. The highest BCUT2D eigenvalue weighted by Gasteiger charge is 2.13. The lowest BCUT2D eigenvalue weighted by molar-refractivity contribution is -0.120. The first-order chi connectivity index (χ1) is 12.9. The van der Waals surface area contributed by atoms with Gasteiger partial charge in [0.1, 0.15) is 0 Å². The second-order valence-corrected chi connectivity index (χ2v) is 6.63. The largest absolute Gasteiger partial charge is 0.490 e. The Balaban J connectivity index is 2.05. The van der Waals surface area contributed by atoms with Crippen LogP contribution in [0.5, 0.6) is 11.5 Å². The van der Waals surface area contributed by atoms with Crippen LogP contribution < -0.4 is 20.5 Å². The number of carbonyl (C=O) groups is 2. The van der Waals surface area contributed by atoms with Crippen LogP contribution in [0.1, 0.15) is 35.3 Å². The number of carbonyl (C=O) groups excluding carboxylic acids is 2. The lowest BCUT2D eigenvalue weighted by Gasteiger charge is -2.14. The fraction of sp³-hybridized carbons (Fsp3) is 0.300. The first kappa shape index (κ1) is 20.8. The van der Waals surface area contributed by atoms with Crippen molar-refractivity contribution >= 4 is 27.7 Å². The Morgan fingerprint density at radius 2 is 1.74 bits per heavy atom. The molecule has 2 aromatic rings. The number of nitrogens with two attached hydrogens (primary N) is 1. The molecule has 0 aromatic heterocycles. The lowest BCUT2D eigenvalue weighted by Crippen LogP contribution is -2.25. The van der Waals surface area contributed by atoms with Crippen LogP contribution in [0, 0.1) is 0 Å². The summed E-state index contributed by atoms with van der Waals surface area (Å²) < 4.78 is 12.0. The van der Waals surface area contributed by atoms with Gasteiger partial charge in [0.2, 0.25) is 11.8 Å². The minimum absolute atomic E-state index is 0.146. The van der Waals surface area contributed by atoms with Gasteiger partial charge in [0.05, 0.1) is 19.6 Å². The molecule has 27 heavy (non-hydrogen) atoms. The first-order valence-electron chi connectivity index (χ1n) is 8.68. The highest BCUT2D eigenvalue weighted by molar-refractivity contribution is 9.10. The average molecular weight is 435 g/mol. The van der Waals surface area contributed by atoms with Crippen molar-refractivity contribution < 1.29 is 19.1 Å². The van der Waals surface area contributed by atoms with Gasteiger partial charge in [0.25, 0.3) is 0 Å². The molecular weight excluding hydrogens is 412 g/mol. The van der Waals surface area contributed by atoms with E-state index >= 15 is 0 Å². The summed E-state index contributed by atoms with van der Waals surface area (Å²) in [5.74, 6) is 0.606. The van der Waals surface area contributed by atoms with Crippen molar-refractivity contribution in [1.29, 1.82) is 0 Å². The monoisotopic (exact) mass is 434 g/mol. The zero-order chi connectivity index (χ0) is 19.8. The van der Waals surface area contributed by atoms with E-state index in [9.17, 15) is 9.59 Å². The molecular formula is C20H23BrN2O4. The first-order valence-corrected chi connectivity index (χ1v) is 9.47. The van der Waals surface area contributed by atoms with Gasteiger partial charge < -0.3 is 20.5 Å². The van der Waals surface area contributed by atoms with E-state index in [0.717, 1.165) is 15.6 Å². The molecule has 2 rings (SSSR count). The Labute approximate surface area is 167 Å². The van der Waals surface area contributed by atoms with Crippen molar-refractivity contribution in [3.63, 3.8) is 0 Å². The number of primary amides is 1. The van der Waals surface area contributed by atoms with Crippen LogP contribution in [-0.4, -0.2) is 25.0 Å². The molecule has 2 amide bonds. The Morgan fingerprint density at radius 3 is 2.37 bits per heavy atom. The molecule has 0 atom stereocenters. The molecule has 0 unspecified atom stereocenters. The molecule has 0 spiro atoms. The van der Waals surface area contributed by atoms with Crippen LogP contribution in [0.25, 0.3) is 0 Å². The molecule has 0 fully saturated rings. The maximum Gasteiger partial charge on any atom is 0.248 e. The summed E-state index contributed by atoms with van der Waals surface area (Å²) >= 11 is 3.49. The van der Waals surface area contributed by atoms with Crippen molar-refractivity contribution in [2.24, 2.45) is 5.73 Å². The topological polar surface area (TPSA) is 90.6 Å². The average Bonchev–Trinajstić information content (AvgIpc) is 2.64. The van der Waals surface area contributed by atoms with Crippen molar-refractivity contribution in [1.82, 2.24) is 5.32 Å². The van der Waals surface area contributed by atoms with Crippen molar-refractivity contribution in [3.05, 3.63) is 57.6 Å². The van der Waals surface area contributed by atoms with E-state index in [4.69, 9.17) is 15.2 Å². The molecule has 0 radical (unpaired) electrons. The Morgan fingerprint density at radius 1 is 1.07 bits per heavy atom. The van der Waals surface area contributed by atoms with Gasteiger partial charge in [-0.2, -0.15) is 0 Å². The fourth-order valence-electron chi connectivity index (χ4n) is 2.52. The maximum atomic E-state index is 12.3. The number of benzene rings is 2. The summed E-state index contributed by atoms with van der Waals surface area (Å²) in [7, 11) is 0. The Hall–Kier alpha value is -2.54. The number of hydrogen-bond acceptors (Lipinski definition) is 4. The number of halogens is 1. The van der Waals surface area contributed by atoms with Gasteiger partial charge >= 0.3 is 0 Å². The molecule has 2 aromatic carbocycles. The summed E-state index contributed by atoms with van der Waals surface area (Å²) in [6.45, 7) is 5.13. The molecule has 7 heteroatoms. The molecule has 0 saturated heterocycles. The molecule has 0 aliphatic carbocycles. The summed E-state index contributed by atoms with van der Waals surface area (Å²) in [6, 6.07) is 10.5. The zero-order valence-corrected chi connectivity index (χ0v) is 17.0. The molecule has 0 aliphatic heterocycles. The molecule has 0 bridgehead atoms. The van der Waals surface area contributed by atoms with E-state index in [1.807, 2.05) is 32.0 Å². The number of nitrogens with one attached hydrogen (secondary N) is 1. The molecule has 3 N–H and O–H groups in total. The molecule has 0 saturated carbocycles. The van der Waals surface area contributed by atoms with Gasteiger partial charge in [-0.05, 0) is 49.2 Å². The fourth-order valence-corrected chi connectivity index (χ4v) is 2.98. The van der Waals surface area contributed by atoms with Gasteiger partial charge in [-0.1, -0.05) is 28.1 Å². The second-order valence-electron chi connectivity index (χ2n) is 5.77. The van der Waals surface area contributed by atoms with Gasteiger partial charge in [0.15, 0.2) is 11.5 Å². The zero-order valence-electron chi connectivity index (χ0n) is 15.4. The highest BCUT2D eigenvalue weighted by atomic mass is 79.9. The van der Waals surface area contributed by atoms with E-state index in [1.165, 1.54) is 0 Å². The van der Waals surface area contributed by atoms with Gasteiger partial charge in [-0.3, -0.25) is 9.59 Å². The predicted octanol–water partition coefficient (Wildman–Crippen LogP) is 3.20. The van der Waals surface area contributed by atoms with E-state index in [1.54, 1.807) is 18.2 Å². The highest BCUT2D eigenvalue weighted by Crippen LogP contribution is 2.34. The quantitative estimate of drug-likeness (QED) is 0.633. The van der Waals surface area contributed by atoms with Crippen molar-refractivity contribution in [2.75, 3.05) is 13.2 Å². The van der Waals surface area contributed by atoms with Crippen LogP contribution >= 0.6 is 15.9 Å². The summed E-state index contributed by atoms with van der Waals surface area (Å²) in [5.41, 5.74) is 7.29. The summed E-state index contributed by atoms with van der Waals surface area (Å²) in [5, 5.41) is 2.85. The van der Waals surface area contributed by atoms with Crippen LogP contribution in [0.15, 0.2) is 40.9 Å². The van der Waals surface area contributed by atoms with E-state index < -0.39 is 5.91 Å². The Bertz CT molecular complexity index is 824. The summed E-state index contributed by atoms with van der Waals surface area (Å²) in [4.78, 5) is 23.6. The van der Waals surface area contributed by atoms with Crippen LogP contribution in [-0.2, 0) is 17.8 Å². The number of hydrogen-bond donors (Lipinski definition) is 2. The van der Waals surface area contributed by atoms with Gasteiger partial charge in [-0.15, -0.1) is 0 Å². The maximum absolute atomic E-state index is 12.3. The third-order valence-electron chi connectivity index (χ3n) is 3.76. The summed E-state index contributed by atoms with van der Waals surface area (Å²) in [6.07, 6.45) is 0.183. The minimum atomic E-state index is -0.495. The second kappa shape index (κ2) is 9.97. The third kappa shape index (κ3) is 5.99. The minimum Gasteiger partial charge on any atom is -0.490 e. The van der Waals surface area contributed by atoms with E-state index in [0.29, 0.717) is 36.8 Å². The van der Waals surface area contributed by atoms with Crippen LogP contribution in [0.4, 0.5) is 0 Å².